The largest absolute Gasteiger partial charge is 0.335 e. The fourth-order valence-electron chi connectivity index (χ4n) is 4.36. The average molecular weight is 303 g/mol. The molecule has 0 saturated carbocycles. The summed E-state index contributed by atoms with van der Waals surface area (Å²) >= 11 is 0. The average Bonchev–Trinajstić information content (AvgIpc) is 2.97. The van der Waals surface area contributed by atoms with Crippen molar-refractivity contribution < 1.29 is 9.18 Å². The van der Waals surface area contributed by atoms with E-state index in [2.05, 4.69) is 17.3 Å². The molecule has 4 rings (SSSR count). The zero-order valence-corrected chi connectivity index (χ0v) is 12.9. The number of carbonyl (C=O) groups excluding carboxylic acids is 1. The van der Waals surface area contributed by atoms with Crippen molar-refractivity contribution >= 4 is 11.7 Å². The Morgan fingerprint density at radius 3 is 2.73 bits per heavy atom. The number of anilines is 1. The Hall–Kier alpha value is -1.62. The van der Waals surface area contributed by atoms with E-state index in [-0.39, 0.29) is 17.9 Å². The van der Waals surface area contributed by atoms with Crippen LogP contribution in [0.4, 0.5) is 14.9 Å². The number of rotatable bonds is 1. The monoisotopic (exact) mass is 303 g/mol. The summed E-state index contributed by atoms with van der Waals surface area (Å²) in [6.07, 6.45) is 5.32. The number of benzene rings is 1. The van der Waals surface area contributed by atoms with Crippen LogP contribution in [0.2, 0.25) is 0 Å². The maximum absolute atomic E-state index is 13.3. The summed E-state index contributed by atoms with van der Waals surface area (Å²) in [4.78, 5) is 16.8. The minimum Gasteiger partial charge on any atom is -0.335 e. The number of halogens is 1. The summed E-state index contributed by atoms with van der Waals surface area (Å²) in [7, 11) is 2.20. The van der Waals surface area contributed by atoms with E-state index in [1.54, 1.807) is 17.0 Å². The van der Waals surface area contributed by atoms with Crippen LogP contribution in [0.5, 0.6) is 0 Å². The van der Waals surface area contributed by atoms with Crippen molar-refractivity contribution in [2.45, 2.75) is 50.2 Å². The zero-order valence-electron chi connectivity index (χ0n) is 12.9. The van der Waals surface area contributed by atoms with Gasteiger partial charge in [0.05, 0.1) is 0 Å². The van der Waals surface area contributed by atoms with Gasteiger partial charge in [-0.2, -0.15) is 0 Å². The van der Waals surface area contributed by atoms with Crippen molar-refractivity contribution in [1.29, 1.82) is 0 Å². The summed E-state index contributed by atoms with van der Waals surface area (Å²) in [5, 5.41) is 3.20. The van der Waals surface area contributed by atoms with Crippen molar-refractivity contribution in [3.63, 3.8) is 0 Å². The lowest BCUT2D eigenvalue weighted by Crippen LogP contribution is -2.51. The molecule has 2 fully saturated rings. The SMILES string of the molecule is CN1[C@@H]2CC[C@H]1CC(NC(=O)N1CCc3cc(F)ccc31)C2. The highest BCUT2D eigenvalue weighted by molar-refractivity contribution is 5.94. The second-order valence-electron chi connectivity index (χ2n) is 6.84. The lowest BCUT2D eigenvalue weighted by Gasteiger charge is -2.37. The number of nitrogens with one attached hydrogen (secondary N) is 1. The first-order valence-corrected chi connectivity index (χ1v) is 8.20. The van der Waals surface area contributed by atoms with Crippen LogP contribution < -0.4 is 10.2 Å². The molecule has 1 N–H and O–H groups in total. The van der Waals surface area contributed by atoms with Gasteiger partial charge in [0, 0.05) is 30.4 Å². The number of fused-ring (bicyclic) bond motifs is 3. The topological polar surface area (TPSA) is 35.6 Å². The fraction of sp³-hybridized carbons (Fsp3) is 0.588. The molecule has 22 heavy (non-hydrogen) atoms. The van der Waals surface area contributed by atoms with Crippen molar-refractivity contribution in [1.82, 2.24) is 10.2 Å². The predicted octanol–water partition coefficient (Wildman–Crippen LogP) is 2.52. The van der Waals surface area contributed by atoms with E-state index in [1.807, 2.05) is 0 Å². The van der Waals surface area contributed by atoms with Crippen LogP contribution in [0.3, 0.4) is 0 Å². The fourth-order valence-corrected chi connectivity index (χ4v) is 4.36. The summed E-state index contributed by atoms with van der Waals surface area (Å²) in [5.74, 6) is -0.229. The van der Waals surface area contributed by atoms with Gasteiger partial charge in [-0.25, -0.2) is 9.18 Å². The molecule has 2 bridgehead atoms. The minimum absolute atomic E-state index is 0.0284. The van der Waals surface area contributed by atoms with Gasteiger partial charge in [-0.05, 0) is 62.9 Å². The first kappa shape index (κ1) is 14.0. The van der Waals surface area contributed by atoms with E-state index in [9.17, 15) is 9.18 Å². The van der Waals surface area contributed by atoms with E-state index < -0.39 is 0 Å². The first-order chi connectivity index (χ1) is 10.6. The van der Waals surface area contributed by atoms with Crippen molar-refractivity contribution in [3.05, 3.63) is 29.6 Å². The van der Waals surface area contributed by atoms with Crippen LogP contribution in [0.25, 0.3) is 0 Å². The number of nitrogens with zero attached hydrogens (tertiary/aromatic N) is 2. The smallest absolute Gasteiger partial charge is 0.322 e. The van der Waals surface area contributed by atoms with Crippen LogP contribution in [0.15, 0.2) is 18.2 Å². The van der Waals surface area contributed by atoms with E-state index in [0.717, 1.165) is 30.5 Å². The molecular formula is C17H22FN3O. The number of piperidine rings is 1. The Morgan fingerprint density at radius 2 is 2.00 bits per heavy atom. The molecule has 3 aliphatic rings. The lowest BCUT2D eigenvalue weighted by molar-refractivity contribution is 0.150. The van der Waals surface area contributed by atoms with Gasteiger partial charge in [0.1, 0.15) is 5.82 Å². The summed E-state index contributed by atoms with van der Waals surface area (Å²) in [6, 6.07) is 6.16. The predicted molar refractivity (Wildman–Crippen MR) is 83.6 cm³/mol. The van der Waals surface area contributed by atoms with Gasteiger partial charge in [0.15, 0.2) is 0 Å². The minimum atomic E-state index is -0.229. The molecule has 118 valence electrons. The second-order valence-corrected chi connectivity index (χ2v) is 6.84. The van der Waals surface area contributed by atoms with Gasteiger partial charge in [-0.15, -0.1) is 0 Å². The molecule has 5 heteroatoms. The van der Waals surface area contributed by atoms with E-state index in [4.69, 9.17) is 0 Å². The number of hydrogen-bond acceptors (Lipinski definition) is 2. The third kappa shape index (κ3) is 2.28. The number of urea groups is 1. The molecular weight excluding hydrogens is 281 g/mol. The van der Waals surface area contributed by atoms with Crippen LogP contribution in [0, 0.1) is 5.82 Å². The Balaban J connectivity index is 1.44. The van der Waals surface area contributed by atoms with E-state index in [1.165, 1.54) is 18.9 Å². The van der Waals surface area contributed by atoms with Crippen molar-refractivity contribution in [2.75, 3.05) is 18.5 Å². The highest BCUT2D eigenvalue weighted by Gasteiger charge is 2.39. The number of hydrogen-bond donors (Lipinski definition) is 1. The summed E-state index contributed by atoms with van der Waals surface area (Å²) in [5.41, 5.74) is 1.79. The van der Waals surface area contributed by atoms with Crippen LogP contribution >= 0.6 is 0 Å². The maximum atomic E-state index is 13.3. The van der Waals surface area contributed by atoms with E-state index in [0.29, 0.717) is 18.6 Å². The Bertz CT molecular complexity index is 592. The maximum Gasteiger partial charge on any atom is 0.322 e. The van der Waals surface area contributed by atoms with Gasteiger partial charge < -0.3 is 10.2 Å². The first-order valence-electron chi connectivity index (χ1n) is 8.20. The van der Waals surface area contributed by atoms with Gasteiger partial charge in [-0.1, -0.05) is 0 Å². The Labute approximate surface area is 130 Å². The molecule has 0 aromatic heterocycles. The number of carbonyl (C=O) groups is 1. The molecule has 1 aromatic carbocycles. The molecule has 1 aromatic rings. The third-order valence-electron chi connectivity index (χ3n) is 5.61. The molecule has 2 amide bonds. The molecule has 3 atom stereocenters. The highest BCUT2D eigenvalue weighted by Crippen LogP contribution is 2.34. The molecule has 3 aliphatic heterocycles. The molecule has 0 aliphatic carbocycles. The molecule has 2 saturated heterocycles. The molecule has 0 radical (unpaired) electrons. The number of amides is 2. The van der Waals surface area contributed by atoms with Crippen LogP contribution in [-0.2, 0) is 6.42 Å². The molecule has 4 nitrogen and oxygen atoms in total. The Morgan fingerprint density at radius 1 is 1.27 bits per heavy atom. The van der Waals surface area contributed by atoms with Gasteiger partial charge in [-0.3, -0.25) is 4.90 Å². The van der Waals surface area contributed by atoms with Gasteiger partial charge >= 0.3 is 6.03 Å². The quantitative estimate of drug-likeness (QED) is 0.865. The standard InChI is InChI=1S/C17H22FN3O/c1-20-14-3-4-15(20)10-13(9-14)19-17(22)21-7-6-11-8-12(18)2-5-16(11)21/h2,5,8,13-15H,3-4,6-7,9-10H2,1H3,(H,19,22)/t13?,14-,15+. The lowest BCUT2D eigenvalue weighted by atomic mass is 9.98. The van der Waals surface area contributed by atoms with Crippen molar-refractivity contribution in [2.24, 2.45) is 0 Å². The molecule has 1 unspecified atom stereocenters. The summed E-state index contributed by atoms with van der Waals surface area (Å²) < 4.78 is 13.3. The van der Waals surface area contributed by atoms with Crippen molar-refractivity contribution in [3.8, 4) is 0 Å². The second kappa shape index (κ2) is 5.23. The van der Waals surface area contributed by atoms with Crippen LogP contribution in [-0.4, -0.2) is 42.6 Å². The zero-order chi connectivity index (χ0) is 15.3. The third-order valence-corrected chi connectivity index (χ3v) is 5.61. The van der Waals surface area contributed by atoms with Gasteiger partial charge in [0.2, 0.25) is 0 Å². The highest BCUT2D eigenvalue weighted by atomic mass is 19.1. The molecule has 0 spiro atoms. The summed E-state index contributed by atoms with van der Waals surface area (Å²) in [6.45, 7) is 0.643. The van der Waals surface area contributed by atoms with Crippen LogP contribution in [0.1, 0.15) is 31.2 Å². The molecule has 3 heterocycles. The van der Waals surface area contributed by atoms with E-state index >= 15 is 0 Å². The Kier molecular flexibility index (Phi) is 3.33. The normalized spacial score (nSPS) is 30.5. The van der Waals surface area contributed by atoms with Gasteiger partial charge in [0.25, 0.3) is 0 Å².